The van der Waals surface area contributed by atoms with Crippen LogP contribution in [0, 0.1) is 6.92 Å². The molecule has 1 aliphatic heterocycles. The fourth-order valence-corrected chi connectivity index (χ4v) is 3.67. The van der Waals surface area contributed by atoms with Crippen molar-refractivity contribution in [2.24, 2.45) is 0 Å². The fourth-order valence-electron chi connectivity index (χ4n) is 3.48. The summed E-state index contributed by atoms with van der Waals surface area (Å²) in [6.07, 6.45) is 0. The van der Waals surface area contributed by atoms with E-state index in [2.05, 4.69) is 47.9 Å². The van der Waals surface area contributed by atoms with E-state index in [0.29, 0.717) is 13.1 Å². The summed E-state index contributed by atoms with van der Waals surface area (Å²) in [5.41, 5.74) is 3.58. The monoisotopic (exact) mass is 385 g/mol. The Morgan fingerprint density at radius 1 is 1.07 bits per heavy atom. The van der Waals surface area contributed by atoms with E-state index < -0.39 is 0 Å². The van der Waals surface area contributed by atoms with Crippen molar-refractivity contribution in [1.29, 1.82) is 0 Å². The van der Waals surface area contributed by atoms with Crippen LogP contribution in [0.4, 0.5) is 5.69 Å². The van der Waals surface area contributed by atoms with Crippen molar-refractivity contribution in [3.63, 3.8) is 0 Å². The number of carbonyl (C=O) groups excluding carboxylic acids is 1. The summed E-state index contributed by atoms with van der Waals surface area (Å²) in [6.45, 7) is 9.46. The second-order valence-corrected chi connectivity index (χ2v) is 7.51. The first-order valence-electron chi connectivity index (χ1n) is 9.62. The quantitative estimate of drug-likeness (QED) is 0.756. The summed E-state index contributed by atoms with van der Waals surface area (Å²) >= 11 is 6.27. The van der Waals surface area contributed by atoms with Crippen LogP contribution in [-0.4, -0.2) is 55.0 Å². The molecule has 144 valence electrons. The highest BCUT2D eigenvalue weighted by molar-refractivity contribution is 6.31. The van der Waals surface area contributed by atoms with Crippen LogP contribution < -0.4 is 4.90 Å². The number of rotatable bonds is 6. The summed E-state index contributed by atoms with van der Waals surface area (Å²) < 4.78 is 0. The predicted octanol–water partition coefficient (Wildman–Crippen LogP) is 3.82. The molecule has 1 fully saturated rings. The van der Waals surface area contributed by atoms with Crippen molar-refractivity contribution < 1.29 is 4.79 Å². The molecule has 5 heteroatoms. The lowest BCUT2D eigenvalue weighted by Gasteiger charge is -2.37. The van der Waals surface area contributed by atoms with Gasteiger partial charge >= 0.3 is 0 Å². The Balaban J connectivity index is 1.53. The molecule has 2 aromatic carbocycles. The van der Waals surface area contributed by atoms with Gasteiger partial charge in [0.05, 0.1) is 6.54 Å². The largest absolute Gasteiger partial charge is 0.368 e. The Hall–Kier alpha value is -2.04. The topological polar surface area (TPSA) is 26.8 Å². The molecular weight excluding hydrogens is 358 g/mol. The second kappa shape index (κ2) is 9.25. The van der Waals surface area contributed by atoms with Gasteiger partial charge in [0, 0.05) is 43.4 Å². The third-order valence-corrected chi connectivity index (χ3v) is 5.53. The number of benzene rings is 2. The van der Waals surface area contributed by atoms with Gasteiger partial charge in [0.1, 0.15) is 0 Å². The van der Waals surface area contributed by atoms with Gasteiger partial charge in [0.15, 0.2) is 0 Å². The van der Waals surface area contributed by atoms with E-state index in [0.717, 1.165) is 43.3 Å². The highest BCUT2D eigenvalue weighted by Gasteiger charge is 2.22. The lowest BCUT2D eigenvalue weighted by molar-refractivity contribution is -0.132. The standard InChI is InChI=1S/C22H28ClN3O/c1-3-24(16-19-8-4-5-10-21(19)23)17-22(27)26-13-11-25(12-14-26)20-9-6-7-18(2)15-20/h4-10,15H,3,11-14,16-17H2,1-2H3. The predicted molar refractivity (Wildman–Crippen MR) is 112 cm³/mol. The zero-order valence-electron chi connectivity index (χ0n) is 16.2. The second-order valence-electron chi connectivity index (χ2n) is 7.10. The Morgan fingerprint density at radius 3 is 2.48 bits per heavy atom. The number of hydrogen-bond acceptors (Lipinski definition) is 3. The van der Waals surface area contributed by atoms with Gasteiger partial charge in [-0.2, -0.15) is 0 Å². The molecule has 0 spiro atoms. The van der Waals surface area contributed by atoms with E-state index in [-0.39, 0.29) is 5.91 Å². The van der Waals surface area contributed by atoms with Crippen LogP contribution in [-0.2, 0) is 11.3 Å². The molecule has 27 heavy (non-hydrogen) atoms. The van der Waals surface area contributed by atoms with Gasteiger partial charge < -0.3 is 9.80 Å². The first kappa shape index (κ1) is 19.7. The van der Waals surface area contributed by atoms with Crippen LogP contribution in [0.5, 0.6) is 0 Å². The number of piperazine rings is 1. The zero-order valence-corrected chi connectivity index (χ0v) is 17.0. The number of aryl methyl sites for hydroxylation is 1. The summed E-state index contributed by atoms with van der Waals surface area (Å²) in [4.78, 5) is 19.3. The lowest BCUT2D eigenvalue weighted by atomic mass is 10.2. The molecule has 0 aromatic heterocycles. The molecule has 3 rings (SSSR count). The molecule has 0 saturated carbocycles. The first-order chi connectivity index (χ1) is 13.1. The SMILES string of the molecule is CCN(CC(=O)N1CCN(c2cccc(C)c2)CC1)Cc1ccccc1Cl. The van der Waals surface area contributed by atoms with Crippen LogP contribution in [0.1, 0.15) is 18.1 Å². The Kier molecular flexibility index (Phi) is 6.75. The summed E-state index contributed by atoms with van der Waals surface area (Å²) in [5.74, 6) is 0.202. The average molecular weight is 386 g/mol. The Morgan fingerprint density at radius 2 is 1.81 bits per heavy atom. The highest BCUT2D eigenvalue weighted by Crippen LogP contribution is 2.19. The molecule has 1 aliphatic rings. The van der Waals surface area contributed by atoms with Gasteiger partial charge in [-0.05, 0) is 42.8 Å². The van der Waals surface area contributed by atoms with E-state index in [1.165, 1.54) is 11.3 Å². The minimum Gasteiger partial charge on any atom is -0.368 e. The number of likely N-dealkylation sites (N-methyl/N-ethyl adjacent to an activating group) is 1. The van der Waals surface area contributed by atoms with E-state index in [1.807, 2.05) is 29.2 Å². The number of nitrogens with zero attached hydrogens (tertiary/aromatic N) is 3. The van der Waals surface area contributed by atoms with E-state index in [4.69, 9.17) is 11.6 Å². The van der Waals surface area contributed by atoms with Crippen molar-refractivity contribution in [2.75, 3.05) is 44.2 Å². The first-order valence-corrected chi connectivity index (χ1v) is 9.99. The van der Waals surface area contributed by atoms with Gasteiger partial charge in [-0.1, -0.05) is 48.9 Å². The normalized spacial score (nSPS) is 14.7. The Labute approximate surface area is 167 Å². The van der Waals surface area contributed by atoms with Gasteiger partial charge in [0.2, 0.25) is 5.91 Å². The zero-order chi connectivity index (χ0) is 19.2. The van der Waals surface area contributed by atoms with Gasteiger partial charge in [-0.15, -0.1) is 0 Å². The van der Waals surface area contributed by atoms with Crippen molar-refractivity contribution in [3.8, 4) is 0 Å². The molecule has 1 saturated heterocycles. The number of amides is 1. The number of halogens is 1. The van der Waals surface area contributed by atoms with E-state index in [1.54, 1.807) is 0 Å². The van der Waals surface area contributed by atoms with E-state index in [9.17, 15) is 4.79 Å². The molecule has 1 amide bonds. The third kappa shape index (κ3) is 5.24. The molecule has 0 atom stereocenters. The smallest absolute Gasteiger partial charge is 0.236 e. The van der Waals surface area contributed by atoms with Crippen molar-refractivity contribution in [1.82, 2.24) is 9.80 Å². The fraction of sp³-hybridized carbons (Fsp3) is 0.409. The summed E-state index contributed by atoms with van der Waals surface area (Å²) in [5, 5.41) is 0.759. The minimum absolute atomic E-state index is 0.202. The molecule has 0 bridgehead atoms. The third-order valence-electron chi connectivity index (χ3n) is 5.16. The maximum atomic E-state index is 12.8. The van der Waals surface area contributed by atoms with Crippen molar-refractivity contribution >= 4 is 23.2 Å². The van der Waals surface area contributed by atoms with Gasteiger partial charge in [-0.3, -0.25) is 9.69 Å². The van der Waals surface area contributed by atoms with E-state index >= 15 is 0 Å². The highest BCUT2D eigenvalue weighted by atomic mass is 35.5. The molecule has 0 unspecified atom stereocenters. The molecule has 2 aromatic rings. The number of anilines is 1. The van der Waals surface area contributed by atoms with Crippen LogP contribution in [0.2, 0.25) is 5.02 Å². The maximum absolute atomic E-state index is 12.8. The molecule has 0 radical (unpaired) electrons. The van der Waals surface area contributed by atoms with Crippen molar-refractivity contribution in [3.05, 3.63) is 64.7 Å². The molecule has 0 N–H and O–H groups in total. The van der Waals surface area contributed by atoms with Crippen LogP contribution in [0.3, 0.4) is 0 Å². The molecule has 1 heterocycles. The Bertz CT molecular complexity index is 772. The minimum atomic E-state index is 0.202. The van der Waals surface area contributed by atoms with Crippen LogP contribution >= 0.6 is 11.6 Å². The van der Waals surface area contributed by atoms with Crippen LogP contribution in [0.15, 0.2) is 48.5 Å². The van der Waals surface area contributed by atoms with Crippen molar-refractivity contribution in [2.45, 2.75) is 20.4 Å². The molecular formula is C22H28ClN3O. The molecule has 4 nitrogen and oxygen atoms in total. The van der Waals surface area contributed by atoms with Gasteiger partial charge in [-0.25, -0.2) is 0 Å². The number of carbonyl (C=O) groups is 1. The maximum Gasteiger partial charge on any atom is 0.236 e. The molecule has 0 aliphatic carbocycles. The summed E-state index contributed by atoms with van der Waals surface area (Å²) in [7, 11) is 0. The average Bonchev–Trinajstić information content (AvgIpc) is 2.69. The lowest BCUT2D eigenvalue weighted by Crippen LogP contribution is -2.51. The van der Waals surface area contributed by atoms with Crippen LogP contribution in [0.25, 0.3) is 0 Å². The van der Waals surface area contributed by atoms with Gasteiger partial charge in [0.25, 0.3) is 0 Å². The number of hydrogen-bond donors (Lipinski definition) is 0. The summed E-state index contributed by atoms with van der Waals surface area (Å²) in [6, 6.07) is 16.4.